The van der Waals surface area contributed by atoms with E-state index in [0.717, 1.165) is 19.4 Å². The molecule has 0 unspecified atom stereocenters. The van der Waals surface area contributed by atoms with Gasteiger partial charge in [0, 0.05) is 26.2 Å². The molecule has 76 valence electrons. The first kappa shape index (κ1) is 10.3. The molecule has 0 atom stereocenters. The Morgan fingerprint density at radius 3 is 2.69 bits per heavy atom. The van der Waals surface area contributed by atoms with Crippen molar-refractivity contribution in [3.8, 4) is 0 Å². The molecule has 1 aliphatic carbocycles. The molecular weight excluding hydrogens is 166 g/mol. The number of carbonyl (C=O) groups is 1. The molecule has 0 aliphatic heterocycles. The molecule has 4 nitrogen and oxygen atoms in total. The molecule has 0 aromatic carbocycles. The third-order valence-electron chi connectivity index (χ3n) is 2.48. The Morgan fingerprint density at radius 1 is 1.62 bits per heavy atom. The van der Waals surface area contributed by atoms with Crippen LogP contribution in [0.25, 0.3) is 0 Å². The minimum Gasteiger partial charge on any atom is -0.338 e. The Balaban J connectivity index is 2.17. The second kappa shape index (κ2) is 4.46. The maximum absolute atomic E-state index is 11.3. The monoisotopic (exact) mass is 185 g/mol. The van der Waals surface area contributed by atoms with Gasteiger partial charge in [-0.05, 0) is 25.7 Å². The third-order valence-corrected chi connectivity index (χ3v) is 2.48. The van der Waals surface area contributed by atoms with Crippen LogP contribution in [0, 0.1) is 5.92 Å². The minimum atomic E-state index is 0.0166. The molecule has 1 saturated carbocycles. The second-order valence-electron chi connectivity index (χ2n) is 3.81. The van der Waals surface area contributed by atoms with E-state index in [1.54, 1.807) is 4.90 Å². The average Bonchev–Trinajstić information content (AvgIpc) is 2.02. The molecule has 0 aromatic heterocycles. The van der Waals surface area contributed by atoms with Gasteiger partial charge in [0.25, 0.3) is 0 Å². The van der Waals surface area contributed by atoms with E-state index >= 15 is 0 Å². The first-order valence-electron chi connectivity index (χ1n) is 4.88. The zero-order chi connectivity index (χ0) is 9.84. The van der Waals surface area contributed by atoms with Crippen molar-refractivity contribution in [3.63, 3.8) is 0 Å². The number of hydrogen-bond donors (Lipinski definition) is 2. The molecule has 0 heterocycles. The average molecular weight is 185 g/mol. The smallest absolute Gasteiger partial charge is 0.317 e. The van der Waals surface area contributed by atoms with Crippen LogP contribution in [0.1, 0.15) is 19.8 Å². The third kappa shape index (κ3) is 2.88. The summed E-state index contributed by atoms with van der Waals surface area (Å²) in [5.41, 5.74) is 5.66. The summed E-state index contributed by atoms with van der Waals surface area (Å²) in [6, 6.07) is 0.385. The number of nitrogens with two attached hydrogens (primary N) is 1. The fourth-order valence-corrected chi connectivity index (χ4v) is 1.69. The molecule has 13 heavy (non-hydrogen) atoms. The first-order chi connectivity index (χ1) is 6.13. The topological polar surface area (TPSA) is 58.4 Å². The van der Waals surface area contributed by atoms with E-state index < -0.39 is 0 Å². The van der Waals surface area contributed by atoms with Crippen molar-refractivity contribution in [2.24, 2.45) is 11.7 Å². The van der Waals surface area contributed by atoms with Crippen molar-refractivity contribution in [2.75, 3.05) is 20.1 Å². The van der Waals surface area contributed by atoms with Crippen LogP contribution in [0.4, 0.5) is 4.79 Å². The quantitative estimate of drug-likeness (QED) is 0.668. The van der Waals surface area contributed by atoms with Crippen LogP contribution in [0.5, 0.6) is 0 Å². The number of nitrogens with zero attached hydrogens (tertiary/aromatic N) is 1. The Bertz CT molecular complexity index is 178. The summed E-state index contributed by atoms with van der Waals surface area (Å²) in [6.45, 7) is 3.44. The van der Waals surface area contributed by atoms with Gasteiger partial charge in [0.1, 0.15) is 0 Å². The first-order valence-corrected chi connectivity index (χ1v) is 4.88. The second-order valence-corrected chi connectivity index (χ2v) is 3.81. The van der Waals surface area contributed by atoms with Gasteiger partial charge in [0.2, 0.25) is 0 Å². The molecule has 3 N–H and O–H groups in total. The minimum absolute atomic E-state index is 0.0166. The Hall–Kier alpha value is -0.770. The molecule has 1 aliphatic rings. The van der Waals surface area contributed by atoms with E-state index in [2.05, 4.69) is 5.32 Å². The SMILES string of the molecule is CCNC(=O)N(C)CC1CC(N)C1. The van der Waals surface area contributed by atoms with Crippen LogP contribution in [-0.2, 0) is 0 Å². The summed E-state index contributed by atoms with van der Waals surface area (Å²) in [5, 5.41) is 2.77. The molecular formula is C9H19N3O. The number of hydrogen-bond acceptors (Lipinski definition) is 2. The highest BCUT2D eigenvalue weighted by Gasteiger charge is 2.27. The molecule has 0 saturated heterocycles. The molecule has 4 heteroatoms. The lowest BCUT2D eigenvalue weighted by atomic mass is 9.81. The van der Waals surface area contributed by atoms with E-state index in [4.69, 9.17) is 5.73 Å². The van der Waals surface area contributed by atoms with Crippen molar-refractivity contribution in [1.29, 1.82) is 0 Å². The zero-order valence-corrected chi connectivity index (χ0v) is 8.42. The molecule has 1 rings (SSSR count). The van der Waals surface area contributed by atoms with Gasteiger partial charge in [-0.15, -0.1) is 0 Å². The molecule has 0 radical (unpaired) electrons. The lowest BCUT2D eigenvalue weighted by Gasteiger charge is -2.35. The number of urea groups is 1. The van der Waals surface area contributed by atoms with Gasteiger partial charge in [-0.1, -0.05) is 0 Å². The van der Waals surface area contributed by atoms with Gasteiger partial charge < -0.3 is 16.0 Å². The highest BCUT2D eigenvalue weighted by atomic mass is 16.2. The van der Waals surface area contributed by atoms with Gasteiger partial charge in [-0.3, -0.25) is 0 Å². The van der Waals surface area contributed by atoms with Gasteiger partial charge >= 0.3 is 6.03 Å². The lowest BCUT2D eigenvalue weighted by molar-refractivity contribution is 0.172. The summed E-state index contributed by atoms with van der Waals surface area (Å²) < 4.78 is 0. The van der Waals surface area contributed by atoms with Crippen LogP contribution >= 0.6 is 0 Å². The molecule has 0 aromatic rings. The van der Waals surface area contributed by atoms with Crippen LogP contribution in [0.2, 0.25) is 0 Å². The van der Waals surface area contributed by atoms with Crippen molar-refractivity contribution >= 4 is 6.03 Å². The van der Waals surface area contributed by atoms with Crippen LogP contribution in [0.15, 0.2) is 0 Å². The Kier molecular flexibility index (Phi) is 3.54. The lowest BCUT2D eigenvalue weighted by Crippen LogP contribution is -2.45. The zero-order valence-electron chi connectivity index (χ0n) is 8.42. The number of nitrogens with one attached hydrogen (secondary N) is 1. The van der Waals surface area contributed by atoms with Crippen LogP contribution in [0.3, 0.4) is 0 Å². The maximum Gasteiger partial charge on any atom is 0.317 e. The normalized spacial score (nSPS) is 26.4. The van der Waals surface area contributed by atoms with Gasteiger partial charge in [0.05, 0.1) is 0 Å². The predicted molar refractivity (Wildman–Crippen MR) is 52.4 cm³/mol. The van der Waals surface area contributed by atoms with E-state index in [-0.39, 0.29) is 6.03 Å². The Morgan fingerprint density at radius 2 is 2.23 bits per heavy atom. The van der Waals surface area contributed by atoms with E-state index in [1.165, 1.54) is 0 Å². The van der Waals surface area contributed by atoms with Crippen LogP contribution < -0.4 is 11.1 Å². The molecule has 1 fully saturated rings. The molecule has 2 amide bonds. The standard InChI is InChI=1S/C9H19N3O/c1-3-11-9(13)12(2)6-7-4-8(10)5-7/h7-8H,3-6,10H2,1-2H3,(H,11,13). The fourth-order valence-electron chi connectivity index (χ4n) is 1.69. The van der Waals surface area contributed by atoms with E-state index in [1.807, 2.05) is 14.0 Å². The highest BCUT2D eigenvalue weighted by Crippen LogP contribution is 2.25. The summed E-state index contributed by atoms with van der Waals surface area (Å²) in [7, 11) is 1.83. The number of carbonyl (C=O) groups excluding carboxylic acids is 1. The number of amides is 2. The molecule has 0 bridgehead atoms. The van der Waals surface area contributed by atoms with Crippen molar-refractivity contribution < 1.29 is 4.79 Å². The van der Waals surface area contributed by atoms with E-state index in [0.29, 0.717) is 18.5 Å². The van der Waals surface area contributed by atoms with E-state index in [9.17, 15) is 4.79 Å². The largest absolute Gasteiger partial charge is 0.338 e. The summed E-state index contributed by atoms with van der Waals surface area (Å²) in [5.74, 6) is 0.614. The van der Waals surface area contributed by atoms with Crippen molar-refractivity contribution in [2.45, 2.75) is 25.8 Å². The van der Waals surface area contributed by atoms with Gasteiger partial charge in [0.15, 0.2) is 0 Å². The predicted octanol–water partition coefficient (Wildman–Crippen LogP) is 0.385. The number of rotatable bonds is 3. The fraction of sp³-hybridized carbons (Fsp3) is 0.889. The summed E-state index contributed by atoms with van der Waals surface area (Å²) in [6.07, 6.45) is 2.12. The van der Waals surface area contributed by atoms with Crippen molar-refractivity contribution in [3.05, 3.63) is 0 Å². The highest BCUT2D eigenvalue weighted by molar-refractivity contribution is 5.73. The van der Waals surface area contributed by atoms with Crippen LogP contribution in [-0.4, -0.2) is 37.1 Å². The molecule has 0 spiro atoms. The van der Waals surface area contributed by atoms with Gasteiger partial charge in [-0.2, -0.15) is 0 Å². The summed E-state index contributed by atoms with van der Waals surface area (Å²) in [4.78, 5) is 13.0. The Labute approximate surface area is 79.5 Å². The summed E-state index contributed by atoms with van der Waals surface area (Å²) >= 11 is 0. The van der Waals surface area contributed by atoms with Crippen molar-refractivity contribution in [1.82, 2.24) is 10.2 Å². The van der Waals surface area contributed by atoms with Gasteiger partial charge in [-0.25, -0.2) is 4.79 Å². The maximum atomic E-state index is 11.3.